The van der Waals surface area contributed by atoms with E-state index in [1.807, 2.05) is 11.6 Å². The van der Waals surface area contributed by atoms with Gasteiger partial charge in [-0.2, -0.15) is 5.10 Å². The summed E-state index contributed by atoms with van der Waals surface area (Å²) in [5, 5.41) is 17.2. The van der Waals surface area contributed by atoms with E-state index in [0.29, 0.717) is 6.04 Å². The van der Waals surface area contributed by atoms with Crippen LogP contribution in [-0.2, 0) is 19.5 Å². The number of hydrogen-bond donors (Lipinski definition) is 2. The van der Waals surface area contributed by atoms with Crippen molar-refractivity contribution >= 4 is 0 Å². The Bertz CT molecular complexity index is 333. The average molecular weight is 239 g/mol. The van der Waals surface area contributed by atoms with Crippen molar-refractivity contribution < 1.29 is 5.11 Å². The van der Waals surface area contributed by atoms with Gasteiger partial charge in [-0.05, 0) is 39.7 Å². The summed E-state index contributed by atoms with van der Waals surface area (Å²) in [7, 11) is 0. The summed E-state index contributed by atoms with van der Waals surface area (Å²) in [4.78, 5) is 0. The average Bonchev–Trinajstić information content (AvgIpc) is 2.67. The van der Waals surface area contributed by atoms with Gasteiger partial charge in [0.1, 0.15) is 0 Å². The first-order chi connectivity index (χ1) is 8.06. The van der Waals surface area contributed by atoms with Crippen LogP contribution in [0.25, 0.3) is 0 Å². The first-order valence-corrected chi connectivity index (χ1v) is 6.53. The standard InChI is InChI=1S/C13H25N3O/c1-5-12-8-13(16(6-2)15-12)9-14-10(3)7-11(4)17/h8,10-11,14,17H,5-7,9H2,1-4H3. The van der Waals surface area contributed by atoms with E-state index >= 15 is 0 Å². The van der Waals surface area contributed by atoms with E-state index in [1.165, 1.54) is 5.69 Å². The lowest BCUT2D eigenvalue weighted by molar-refractivity contribution is 0.170. The summed E-state index contributed by atoms with van der Waals surface area (Å²) in [5.41, 5.74) is 2.37. The molecule has 2 N–H and O–H groups in total. The smallest absolute Gasteiger partial charge is 0.0625 e. The third-order valence-corrected chi connectivity index (χ3v) is 2.90. The first kappa shape index (κ1) is 14.2. The second kappa shape index (κ2) is 6.77. The van der Waals surface area contributed by atoms with Gasteiger partial charge in [0.15, 0.2) is 0 Å². The highest BCUT2D eigenvalue weighted by Gasteiger charge is 2.09. The highest BCUT2D eigenvalue weighted by Crippen LogP contribution is 2.06. The molecule has 1 heterocycles. The molecule has 0 spiro atoms. The summed E-state index contributed by atoms with van der Waals surface area (Å²) < 4.78 is 2.04. The van der Waals surface area contributed by atoms with Crippen molar-refractivity contribution in [1.82, 2.24) is 15.1 Å². The van der Waals surface area contributed by atoms with E-state index in [1.54, 1.807) is 0 Å². The van der Waals surface area contributed by atoms with Crippen molar-refractivity contribution in [2.75, 3.05) is 0 Å². The van der Waals surface area contributed by atoms with E-state index in [-0.39, 0.29) is 6.10 Å². The van der Waals surface area contributed by atoms with Crippen LogP contribution >= 0.6 is 0 Å². The summed E-state index contributed by atoms with van der Waals surface area (Å²) in [6.45, 7) is 9.87. The second-order valence-electron chi connectivity index (χ2n) is 4.66. The van der Waals surface area contributed by atoms with Crippen molar-refractivity contribution in [3.63, 3.8) is 0 Å². The first-order valence-electron chi connectivity index (χ1n) is 6.53. The predicted octanol–water partition coefficient (Wildman–Crippen LogP) is 1.71. The lowest BCUT2D eigenvalue weighted by Crippen LogP contribution is -2.29. The molecule has 17 heavy (non-hydrogen) atoms. The molecule has 1 aromatic heterocycles. The Morgan fingerprint density at radius 1 is 1.41 bits per heavy atom. The molecule has 0 bridgehead atoms. The molecule has 0 amide bonds. The Kier molecular flexibility index (Phi) is 5.65. The van der Waals surface area contributed by atoms with Crippen molar-refractivity contribution in [2.24, 2.45) is 0 Å². The minimum Gasteiger partial charge on any atom is -0.393 e. The number of hydrogen-bond acceptors (Lipinski definition) is 3. The van der Waals surface area contributed by atoms with Gasteiger partial charge in [-0.1, -0.05) is 6.92 Å². The lowest BCUT2D eigenvalue weighted by atomic mass is 10.1. The SMILES string of the molecule is CCc1cc(CNC(C)CC(C)O)n(CC)n1. The summed E-state index contributed by atoms with van der Waals surface area (Å²) >= 11 is 0. The van der Waals surface area contributed by atoms with Gasteiger partial charge in [0, 0.05) is 19.1 Å². The lowest BCUT2D eigenvalue weighted by Gasteiger charge is -2.15. The fraction of sp³-hybridized carbons (Fsp3) is 0.769. The van der Waals surface area contributed by atoms with E-state index in [4.69, 9.17) is 0 Å². The molecule has 1 rings (SSSR count). The molecule has 4 heteroatoms. The Morgan fingerprint density at radius 3 is 2.65 bits per heavy atom. The summed E-state index contributed by atoms with van der Waals surface area (Å²) in [6, 6.07) is 2.48. The van der Waals surface area contributed by atoms with Crippen LogP contribution in [0.3, 0.4) is 0 Å². The van der Waals surface area contributed by atoms with Gasteiger partial charge < -0.3 is 10.4 Å². The molecular formula is C13H25N3O. The maximum absolute atomic E-state index is 9.31. The zero-order valence-electron chi connectivity index (χ0n) is 11.4. The molecule has 2 atom stereocenters. The molecule has 98 valence electrons. The highest BCUT2D eigenvalue weighted by atomic mass is 16.3. The van der Waals surface area contributed by atoms with Crippen LogP contribution in [0.1, 0.15) is 45.5 Å². The largest absolute Gasteiger partial charge is 0.393 e. The number of aryl methyl sites for hydroxylation is 2. The molecule has 0 saturated heterocycles. The highest BCUT2D eigenvalue weighted by molar-refractivity contribution is 5.10. The van der Waals surface area contributed by atoms with Crippen LogP contribution in [0.4, 0.5) is 0 Å². The number of nitrogens with zero attached hydrogens (tertiary/aromatic N) is 2. The Labute approximate surface area is 104 Å². The number of aromatic nitrogens is 2. The second-order valence-corrected chi connectivity index (χ2v) is 4.66. The van der Waals surface area contributed by atoms with E-state index in [2.05, 4.69) is 37.3 Å². The quantitative estimate of drug-likeness (QED) is 0.761. The van der Waals surface area contributed by atoms with Gasteiger partial charge in [-0.3, -0.25) is 4.68 Å². The van der Waals surface area contributed by atoms with Crippen molar-refractivity contribution in [1.29, 1.82) is 0 Å². The molecule has 4 nitrogen and oxygen atoms in total. The van der Waals surface area contributed by atoms with Crippen molar-refractivity contribution in [2.45, 2.75) is 65.8 Å². The Balaban J connectivity index is 2.53. The Morgan fingerprint density at radius 2 is 2.12 bits per heavy atom. The van der Waals surface area contributed by atoms with Gasteiger partial charge in [0.05, 0.1) is 17.5 Å². The molecular weight excluding hydrogens is 214 g/mol. The molecule has 0 aromatic carbocycles. The summed E-state index contributed by atoms with van der Waals surface area (Å²) in [5.74, 6) is 0. The molecule has 2 unspecified atom stereocenters. The predicted molar refractivity (Wildman–Crippen MR) is 69.9 cm³/mol. The van der Waals surface area contributed by atoms with E-state index < -0.39 is 0 Å². The maximum Gasteiger partial charge on any atom is 0.0625 e. The molecule has 0 fully saturated rings. The molecule has 0 aliphatic heterocycles. The third kappa shape index (κ3) is 4.48. The van der Waals surface area contributed by atoms with Gasteiger partial charge >= 0.3 is 0 Å². The van der Waals surface area contributed by atoms with Gasteiger partial charge in [0.2, 0.25) is 0 Å². The summed E-state index contributed by atoms with van der Waals surface area (Å²) in [6.07, 6.45) is 1.50. The number of nitrogens with one attached hydrogen (secondary N) is 1. The Hall–Kier alpha value is -0.870. The van der Waals surface area contributed by atoms with Gasteiger partial charge in [-0.25, -0.2) is 0 Å². The molecule has 0 radical (unpaired) electrons. The van der Waals surface area contributed by atoms with Crippen molar-refractivity contribution in [3.8, 4) is 0 Å². The molecule has 0 saturated carbocycles. The van der Waals surface area contributed by atoms with Gasteiger partial charge in [0.25, 0.3) is 0 Å². The fourth-order valence-corrected chi connectivity index (χ4v) is 1.98. The van der Waals surface area contributed by atoms with E-state index in [0.717, 1.165) is 31.6 Å². The van der Waals surface area contributed by atoms with Crippen LogP contribution < -0.4 is 5.32 Å². The topological polar surface area (TPSA) is 50.1 Å². The van der Waals surface area contributed by atoms with Crippen LogP contribution in [0.5, 0.6) is 0 Å². The van der Waals surface area contributed by atoms with E-state index in [9.17, 15) is 5.11 Å². The van der Waals surface area contributed by atoms with Crippen LogP contribution in [0.2, 0.25) is 0 Å². The normalized spacial score (nSPS) is 14.9. The minimum atomic E-state index is -0.250. The number of rotatable bonds is 7. The maximum atomic E-state index is 9.31. The van der Waals surface area contributed by atoms with Crippen LogP contribution in [-0.4, -0.2) is 27.0 Å². The fourth-order valence-electron chi connectivity index (χ4n) is 1.98. The number of aliphatic hydroxyl groups excluding tert-OH is 1. The minimum absolute atomic E-state index is 0.250. The van der Waals surface area contributed by atoms with Gasteiger partial charge in [-0.15, -0.1) is 0 Å². The molecule has 1 aromatic rings. The molecule has 0 aliphatic rings. The van der Waals surface area contributed by atoms with Crippen LogP contribution in [0, 0.1) is 0 Å². The zero-order valence-corrected chi connectivity index (χ0v) is 11.4. The van der Waals surface area contributed by atoms with Crippen LogP contribution in [0.15, 0.2) is 6.07 Å². The number of aliphatic hydroxyl groups is 1. The van der Waals surface area contributed by atoms with Crippen molar-refractivity contribution in [3.05, 3.63) is 17.5 Å². The molecule has 0 aliphatic carbocycles. The third-order valence-electron chi connectivity index (χ3n) is 2.90. The zero-order chi connectivity index (χ0) is 12.8. The monoisotopic (exact) mass is 239 g/mol.